The van der Waals surface area contributed by atoms with Crippen LogP contribution in [0.4, 0.5) is 0 Å². The van der Waals surface area contributed by atoms with Gasteiger partial charge in [0.05, 0.1) is 4.91 Å². The zero-order valence-electron chi connectivity index (χ0n) is 13.5. The number of rotatable bonds is 5. The summed E-state index contributed by atoms with van der Waals surface area (Å²) in [5.41, 5.74) is 1.69. The maximum absolute atomic E-state index is 12.8. The SMILES string of the molecule is O=C(O)[C@@H](Cc1ccccc1)N1C(=O)/C(=C\c2ccc(Br)cc2)SC1=S. The summed E-state index contributed by atoms with van der Waals surface area (Å²) in [6, 6.07) is 15.7. The Kier molecular flexibility index (Phi) is 5.90. The molecule has 132 valence electrons. The zero-order valence-corrected chi connectivity index (χ0v) is 16.7. The first-order chi connectivity index (χ1) is 12.5. The number of aliphatic carboxylic acids is 1. The summed E-state index contributed by atoms with van der Waals surface area (Å²) in [4.78, 5) is 26.2. The molecule has 7 heteroatoms. The number of thiocarbonyl (C=S) groups is 1. The van der Waals surface area contributed by atoms with Gasteiger partial charge >= 0.3 is 5.97 Å². The number of carbonyl (C=O) groups is 2. The van der Waals surface area contributed by atoms with Gasteiger partial charge in [0.25, 0.3) is 5.91 Å². The molecule has 1 amide bonds. The fourth-order valence-electron chi connectivity index (χ4n) is 2.59. The van der Waals surface area contributed by atoms with Gasteiger partial charge in [0.15, 0.2) is 0 Å². The number of amides is 1. The molecule has 1 heterocycles. The molecule has 1 atom stereocenters. The average Bonchev–Trinajstić information content (AvgIpc) is 2.89. The highest BCUT2D eigenvalue weighted by molar-refractivity contribution is 9.10. The van der Waals surface area contributed by atoms with Crippen LogP contribution in [0.1, 0.15) is 11.1 Å². The van der Waals surface area contributed by atoms with Crippen LogP contribution in [0.3, 0.4) is 0 Å². The average molecular weight is 448 g/mol. The Morgan fingerprint density at radius 2 is 1.85 bits per heavy atom. The Morgan fingerprint density at radius 1 is 1.19 bits per heavy atom. The molecule has 26 heavy (non-hydrogen) atoms. The lowest BCUT2D eigenvalue weighted by atomic mass is 10.0. The van der Waals surface area contributed by atoms with Crippen molar-refractivity contribution >= 4 is 62.2 Å². The van der Waals surface area contributed by atoms with Crippen molar-refractivity contribution in [3.63, 3.8) is 0 Å². The lowest BCUT2D eigenvalue weighted by molar-refractivity contribution is -0.145. The summed E-state index contributed by atoms with van der Waals surface area (Å²) < 4.78 is 1.21. The van der Waals surface area contributed by atoms with Gasteiger partial charge in [-0.1, -0.05) is 82.4 Å². The van der Waals surface area contributed by atoms with E-state index in [4.69, 9.17) is 12.2 Å². The summed E-state index contributed by atoms with van der Waals surface area (Å²) in [7, 11) is 0. The topological polar surface area (TPSA) is 57.6 Å². The van der Waals surface area contributed by atoms with Crippen LogP contribution in [0.25, 0.3) is 6.08 Å². The van der Waals surface area contributed by atoms with Gasteiger partial charge in [0, 0.05) is 10.9 Å². The number of thioether (sulfide) groups is 1. The van der Waals surface area contributed by atoms with Crippen molar-refractivity contribution in [2.75, 3.05) is 0 Å². The van der Waals surface area contributed by atoms with Gasteiger partial charge in [-0.05, 0) is 29.3 Å². The molecule has 2 aromatic rings. The summed E-state index contributed by atoms with van der Waals surface area (Å²) in [5, 5.41) is 9.65. The fourth-order valence-corrected chi connectivity index (χ4v) is 4.21. The van der Waals surface area contributed by atoms with Crippen LogP contribution in [-0.2, 0) is 16.0 Å². The minimum absolute atomic E-state index is 0.203. The van der Waals surface area contributed by atoms with E-state index in [-0.39, 0.29) is 16.6 Å². The van der Waals surface area contributed by atoms with Gasteiger partial charge in [-0.15, -0.1) is 0 Å². The third kappa shape index (κ3) is 4.23. The van der Waals surface area contributed by atoms with Gasteiger partial charge in [-0.2, -0.15) is 0 Å². The molecule has 1 aliphatic rings. The third-order valence-corrected chi connectivity index (χ3v) is 5.72. The molecule has 0 saturated carbocycles. The molecule has 0 spiro atoms. The van der Waals surface area contributed by atoms with E-state index in [9.17, 15) is 14.7 Å². The molecule has 2 aromatic carbocycles. The van der Waals surface area contributed by atoms with Crippen molar-refractivity contribution < 1.29 is 14.7 Å². The van der Waals surface area contributed by atoms with Crippen molar-refractivity contribution in [3.05, 3.63) is 75.1 Å². The van der Waals surface area contributed by atoms with E-state index in [0.717, 1.165) is 27.4 Å². The van der Waals surface area contributed by atoms with Gasteiger partial charge in [-0.25, -0.2) is 4.79 Å². The molecule has 0 unspecified atom stereocenters. The Morgan fingerprint density at radius 3 is 2.46 bits per heavy atom. The third-order valence-electron chi connectivity index (χ3n) is 3.86. The van der Waals surface area contributed by atoms with Crippen LogP contribution in [0, 0.1) is 0 Å². The van der Waals surface area contributed by atoms with Crippen LogP contribution in [-0.4, -0.2) is 32.2 Å². The van der Waals surface area contributed by atoms with E-state index in [1.807, 2.05) is 54.6 Å². The minimum atomic E-state index is -1.07. The first kappa shape index (κ1) is 18.8. The molecule has 0 radical (unpaired) electrons. The van der Waals surface area contributed by atoms with Gasteiger partial charge in [0.2, 0.25) is 0 Å². The minimum Gasteiger partial charge on any atom is -0.480 e. The molecule has 1 saturated heterocycles. The highest BCUT2D eigenvalue weighted by atomic mass is 79.9. The highest BCUT2D eigenvalue weighted by Gasteiger charge is 2.40. The number of carboxylic acids is 1. The first-order valence-corrected chi connectivity index (χ1v) is 9.77. The molecule has 1 N–H and O–H groups in total. The second kappa shape index (κ2) is 8.16. The van der Waals surface area contributed by atoms with Crippen LogP contribution in [0.2, 0.25) is 0 Å². The Balaban J connectivity index is 1.86. The summed E-state index contributed by atoms with van der Waals surface area (Å²) in [6.45, 7) is 0. The lowest BCUT2D eigenvalue weighted by Gasteiger charge is -2.23. The number of hydrogen-bond donors (Lipinski definition) is 1. The summed E-state index contributed by atoms with van der Waals surface area (Å²) in [5.74, 6) is -1.44. The predicted octanol–water partition coefficient (Wildman–Crippen LogP) is 4.35. The Hall–Kier alpha value is -1.96. The van der Waals surface area contributed by atoms with Crippen molar-refractivity contribution in [2.45, 2.75) is 12.5 Å². The fraction of sp³-hybridized carbons (Fsp3) is 0.105. The largest absolute Gasteiger partial charge is 0.480 e. The van der Waals surface area contributed by atoms with Gasteiger partial charge in [0.1, 0.15) is 10.4 Å². The number of benzene rings is 2. The quantitative estimate of drug-likeness (QED) is 0.545. The zero-order chi connectivity index (χ0) is 18.7. The molecule has 1 aliphatic heterocycles. The van der Waals surface area contributed by atoms with E-state index in [2.05, 4.69) is 15.9 Å². The Labute approximate surface area is 169 Å². The predicted molar refractivity (Wildman–Crippen MR) is 111 cm³/mol. The monoisotopic (exact) mass is 447 g/mol. The van der Waals surface area contributed by atoms with E-state index in [1.165, 1.54) is 4.90 Å². The number of carbonyl (C=O) groups excluding carboxylic acids is 1. The Bertz CT molecular complexity index is 881. The summed E-state index contributed by atoms with van der Waals surface area (Å²) >= 11 is 9.80. The molecule has 0 bridgehead atoms. The van der Waals surface area contributed by atoms with Gasteiger partial charge < -0.3 is 5.11 Å². The smallest absolute Gasteiger partial charge is 0.327 e. The van der Waals surface area contributed by atoms with E-state index in [1.54, 1.807) is 6.08 Å². The van der Waals surface area contributed by atoms with Crippen LogP contribution >= 0.6 is 39.9 Å². The van der Waals surface area contributed by atoms with Crippen molar-refractivity contribution in [1.29, 1.82) is 0 Å². The van der Waals surface area contributed by atoms with Gasteiger partial charge in [-0.3, -0.25) is 9.69 Å². The lowest BCUT2D eigenvalue weighted by Crippen LogP contribution is -2.45. The molecule has 3 rings (SSSR count). The standard InChI is InChI=1S/C19H14BrNO3S2/c20-14-8-6-13(7-9-14)11-16-17(22)21(19(25)26-16)15(18(23)24)10-12-4-2-1-3-5-12/h1-9,11,15H,10H2,(H,23,24)/b16-11+/t15-/m1/s1. The number of halogens is 1. The molecular formula is C19H14BrNO3S2. The molecular weight excluding hydrogens is 434 g/mol. The van der Waals surface area contributed by atoms with Crippen molar-refractivity contribution in [3.8, 4) is 0 Å². The number of nitrogens with zero attached hydrogens (tertiary/aromatic N) is 1. The molecule has 0 aliphatic carbocycles. The summed E-state index contributed by atoms with van der Waals surface area (Å²) in [6.07, 6.45) is 1.93. The molecule has 0 aromatic heterocycles. The second-order valence-corrected chi connectivity index (χ2v) is 8.24. The van der Waals surface area contributed by atoms with Crippen molar-refractivity contribution in [2.24, 2.45) is 0 Å². The normalized spacial score (nSPS) is 17.0. The second-order valence-electron chi connectivity index (χ2n) is 5.65. The van der Waals surface area contributed by atoms with Crippen LogP contribution in [0.15, 0.2) is 64.0 Å². The highest BCUT2D eigenvalue weighted by Crippen LogP contribution is 2.34. The maximum Gasteiger partial charge on any atom is 0.327 e. The van der Waals surface area contributed by atoms with Crippen LogP contribution < -0.4 is 0 Å². The molecule has 1 fully saturated rings. The first-order valence-electron chi connectivity index (χ1n) is 7.75. The number of hydrogen-bond acceptors (Lipinski definition) is 4. The van der Waals surface area contributed by atoms with Crippen LogP contribution in [0.5, 0.6) is 0 Å². The van der Waals surface area contributed by atoms with Crippen molar-refractivity contribution in [1.82, 2.24) is 4.90 Å². The van der Waals surface area contributed by atoms with E-state index < -0.39 is 12.0 Å². The molecule has 4 nitrogen and oxygen atoms in total. The van der Waals surface area contributed by atoms with E-state index >= 15 is 0 Å². The maximum atomic E-state index is 12.8. The van der Waals surface area contributed by atoms with E-state index in [0.29, 0.717) is 4.91 Å². The number of carboxylic acid groups (broad SMARTS) is 1.